The number of likely N-dealkylation sites (tertiary alicyclic amines) is 1. The van der Waals surface area contributed by atoms with Crippen LogP contribution in [-0.2, 0) is 19.1 Å². The van der Waals surface area contributed by atoms with E-state index in [2.05, 4.69) is 28.6 Å². The highest BCUT2D eigenvalue weighted by Crippen LogP contribution is 2.48. The number of hydrogen-bond donors (Lipinski definition) is 2. The first-order chi connectivity index (χ1) is 18.0. The third-order valence-electron chi connectivity index (χ3n) is 8.17. The van der Waals surface area contributed by atoms with Gasteiger partial charge in [-0.15, -0.1) is 0 Å². The lowest BCUT2D eigenvalue weighted by molar-refractivity contribution is -0.149. The lowest BCUT2D eigenvalue weighted by Crippen LogP contribution is -2.53. The van der Waals surface area contributed by atoms with Crippen molar-refractivity contribution < 1.29 is 19.1 Å². The van der Waals surface area contributed by atoms with Gasteiger partial charge in [0.25, 0.3) is 0 Å². The summed E-state index contributed by atoms with van der Waals surface area (Å²) in [5, 5.41) is 6.20. The molecule has 2 aliphatic carbocycles. The minimum Gasteiger partial charge on any atom is -0.464 e. The smallest absolute Gasteiger partial charge is 0.328 e. The number of carbonyl (C=O) groups is 3. The third-order valence-corrected chi connectivity index (χ3v) is 8.17. The van der Waals surface area contributed by atoms with Gasteiger partial charge in [-0.1, -0.05) is 45.1 Å². The van der Waals surface area contributed by atoms with Gasteiger partial charge in [-0.3, -0.25) is 9.59 Å². The molecule has 8 heteroatoms. The molecule has 3 aliphatic rings. The van der Waals surface area contributed by atoms with Crippen LogP contribution < -0.4 is 10.6 Å². The van der Waals surface area contributed by atoms with E-state index in [0.29, 0.717) is 30.5 Å². The fourth-order valence-corrected chi connectivity index (χ4v) is 6.14. The van der Waals surface area contributed by atoms with E-state index in [-0.39, 0.29) is 37.0 Å². The molecular formula is C29H42N4O4. The first-order valence-electron chi connectivity index (χ1n) is 14.1. The molecule has 4 atom stereocenters. The molecule has 1 aromatic heterocycles. The summed E-state index contributed by atoms with van der Waals surface area (Å²) in [4.78, 5) is 45.7. The normalized spacial score (nSPS) is 24.2. The molecule has 8 nitrogen and oxygen atoms in total. The zero-order valence-electron chi connectivity index (χ0n) is 22.5. The highest BCUT2D eigenvalue weighted by atomic mass is 16.5. The standard InChI is InChI=1S/C29H42N4O4/c1-4-20(5-2)22-13-10-14-30-27(22)31-18-26(34)33-24-16-21(24)17-25(33)28(35)32-23(29(36)37-6-3)15-19-11-8-7-9-12-19/h4,10,13-14,19,21,23-25H,5-9,11-12,15-18H2,1-3H3,(H,30,31)(H,32,35). The minimum absolute atomic E-state index is 0.0705. The van der Waals surface area contributed by atoms with E-state index in [0.717, 1.165) is 36.8 Å². The Balaban J connectivity index is 1.41. The number of nitrogens with zero attached hydrogens (tertiary/aromatic N) is 2. The molecule has 0 aromatic carbocycles. The number of fused-ring (bicyclic) bond motifs is 1. The molecule has 0 spiro atoms. The Labute approximate surface area is 220 Å². The second-order valence-corrected chi connectivity index (χ2v) is 10.6. The SMILES string of the molecule is CC=C(CC)c1cccnc1NCC(=O)N1C(C(=O)NC(CC2CCCCC2)C(=O)OCC)CC2CC21. The van der Waals surface area contributed by atoms with Crippen molar-refractivity contribution in [2.24, 2.45) is 11.8 Å². The van der Waals surface area contributed by atoms with E-state index >= 15 is 0 Å². The first kappa shape index (κ1) is 27.1. The maximum absolute atomic E-state index is 13.4. The van der Waals surface area contributed by atoms with Gasteiger partial charge in [0, 0.05) is 17.8 Å². The molecule has 1 saturated heterocycles. The Morgan fingerprint density at radius 3 is 2.68 bits per heavy atom. The van der Waals surface area contributed by atoms with Gasteiger partial charge in [-0.05, 0) is 69.1 Å². The van der Waals surface area contributed by atoms with Crippen molar-refractivity contribution in [1.82, 2.24) is 15.2 Å². The predicted molar refractivity (Wildman–Crippen MR) is 144 cm³/mol. The number of rotatable bonds is 11. The van der Waals surface area contributed by atoms with Crippen LogP contribution in [0.4, 0.5) is 5.82 Å². The van der Waals surface area contributed by atoms with Crippen LogP contribution >= 0.6 is 0 Å². The summed E-state index contributed by atoms with van der Waals surface area (Å²) in [6.07, 6.45) is 12.6. The Morgan fingerprint density at radius 2 is 1.97 bits per heavy atom. The van der Waals surface area contributed by atoms with Crippen LogP contribution in [0.3, 0.4) is 0 Å². The second kappa shape index (κ2) is 12.6. The fraction of sp³-hybridized carbons (Fsp3) is 0.655. The maximum atomic E-state index is 13.4. The number of ether oxygens (including phenoxy) is 1. The molecule has 2 heterocycles. The van der Waals surface area contributed by atoms with E-state index in [1.54, 1.807) is 18.0 Å². The third kappa shape index (κ3) is 6.51. The Hall–Kier alpha value is -2.90. The number of amides is 2. The number of carbonyl (C=O) groups excluding carboxylic acids is 3. The van der Waals surface area contributed by atoms with Crippen LogP contribution in [0.1, 0.15) is 84.1 Å². The number of pyridine rings is 1. The van der Waals surface area contributed by atoms with Gasteiger partial charge < -0.3 is 20.3 Å². The van der Waals surface area contributed by atoms with Crippen LogP contribution in [0.15, 0.2) is 24.4 Å². The van der Waals surface area contributed by atoms with Crippen molar-refractivity contribution >= 4 is 29.2 Å². The van der Waals surface area contributed by atoms with Crippen molar-refractivity contribution in [1.29, 1.82) is 0 Å². The van der Waals surface area contributed by atoms with Gasteiger partial charge in [-0.2, -0.15) is 0 Å². The number of allylic oxidation sites excluding steroid dienone is 2. The van der Waals surface area contributed by atoms with Gasteiger partial charge in [0.1, 0.15) is 17.9 Å². The molecule has 0 radical (unpaired) electrons. The van der Waals surface area contributed by atoms with Gasteiger partial charge in [-0.25, -0.2) is 9.78 Å². The maximum Gasteiger partial charge on any atom is 0.328 e. The average Bonchev–Trinajstić information content (AvgIpc) is 3.57. The summed E-state index contributed by atoms with van der Waals surface area (Å²) in [5.41, 5.74) is 2.15. The van der Waals surface area contributed by atoms with Gasteiger partial charge >= 0.3 is 5.97 Å². The van der Waals surface area contributed by atoms with Crippen molar-refractivity contribution in [2.75, 3.05) is 18.5 Å². The molecule has 4 unspecified atom stereocenters. The summed E-state index contributed by atoms with van der Waals surface area (Å²) in [7, 11) is 0. The van der Waals surface area contributed by atoms with E-state index in [4.69, 9.17) is 4.74 Å². The number of esters is 1. The fourth-order valence-electron chi connectivity index (χ4n) is 6.14. The molecule has 202 valence electrons. The Bertz CT molecular complexity index is 1000. The monoisotopic (exact) mass is 510 g/mol. The number of piperidine rings is 1. The Morgan fingerprint density at radius 1 is 1.19 bits per heavy atom. The van der Waals surface area contributed by atoms with Crippen molar-refractivity contribution in [2.45, 2.75) is 96.7 Å². The van der Waals surface area contributed by atoms with Crippen LogP contribution in [0.2, 0.25) is 0 Å². The van der Waals surface area contributed by atoms with E-state index in [1.807, 2.05) is 19.1 Å². The number of anilines is 1. The molecule has 2 N–H and O–H groups in total. The van der Waals surface area contributed by atoms with Crippen molar-refractivity contribution in [3.8, 4) is 0 Å². The molecule has 3 fully saturated rings. The molecule has 2 saturated carbocycles. The quantitative estimate of drug-likeness (QED) is 0.430. The summed E-state index contributed by atoms with van der Waals surface area (Å²) in [6, 6.07) is 2.79. The number of aromatic nitrogens is 1. The number of nitrogens with one attached hydrogen (secondary N) is 2. The first-order valence-corrected chi connectivity index (χ1v) is 14.1. The minimum atomic E-state index is -0.660. The van der Waals surface area contributed by atoms with E-state index < -0.39 is 12.1 Å². The molecule has 1 aliphatic heterocycles. The molecule has 1 aromatic rings. The second-order valence-electron chi connectivity index (χ2n) is 10.6. The van der Waals surface area contributed by atoms with E-state index in [9.17, 15) is 14.4 Å². The zero-order valence-corrected chi connectivity index (χ0v) is 22.5. The average molecular weight is 511 g/mol. The lowest BCUT2D eigenvalue weighted by atomic mass is 9.84. The highest BCUT2D eigenvalue weighted by molar-refractivity contribution is 5.93. The summed E-state index contributed by atoms with van der Waals surface area (Å²) < 4.78 is 5.29. The van der Waals surface area contributed by atoms with Gasteiger partial charge in [0.15, 0.2) is 0 Å². The molecular weight excluding hydrogens is 468 g/mol. The predicted octanol–water partition coefficient (Wildman–Crippen LogP) is 4.31. The highest BCUT2D eigenvalue weighted by Gasteiger charge is 2.56. The van der Waals surface area contributed by atoms with Crippen LogP contribution in [0, 0.1) is 11.8 Å². The van der Waals surface area contributed by atoms with E-state index in [1.165, 1.54) is 19.3 Å². The van der Waals surface area contributed by atoms with Crippen LogP contribution in [0.25, 0.3) is 5.57 Å². The number of hydrogen-bond acceptors (Lipinski definition) is 6. The van der Waals surface area contributed by atoms with Crippen molar-refractivity contribution in [3.63, 3.8) is 0 Å². The largest absolute Gasteiger partial charge is 0.464 e. The van der Waals surface area contributed by atoms with Crippen LogP contribution in [-0.4, -0.2) is 58.9 Å². The summed E-state index contributed by atoms with van der Waals surface area (Å²) in [6.45, 7) is 6.22. The topological polar surface area (TPSA) is 101 Å². The lowest BCUT2D eigenvalue weighted by Gasteiger charge is -2.30. The molecule has 37 heavy (non-hydrogen) atoms. The molecule has 2 amide bonds. The Kier molecular flexibility index (Phi) is 9.22. The van der Waals surface area contributed by atoms with Crippen molar-refractivity contribution in [3.05, 3.63) is 30.0 Å². The molecule has 4 rings (SSSR count). The van der Waals surface area contributed by atoms with Crippen LogP contribution in [0.5, 0.6) is 0 Å². The van der Waals surface area contributed by atoms with Gasteiger partial charge in [0.05, 0.1) is 13.2 Å². The summed E-state index contributed by atoms with van der Waals surface area (Å²) in [5.74, 6) is 0.727. The van der Waals surface area contributed by atoms with Gasteiger partial charge in [0.2, 0.25) is 11.8 Å². The summed E-state index contributed by atoms with van der Waals surface area (Å²) >= 11 is 0. The molecule has 0 bridgehead atoms. The zero-order chi connectivity index (χ0) is 26.4.